The van der Waals surface area contributed by atoms with Crippen LogP contribution in [0.4, 0.5) is 16.2 Å². The summed E-state index contributed by atoms with van der Waals surface area (Å²) >= 11 is 0. The summed E-state index contributed by atoms with van der Waals surface area (Å²) < 4.78 is 0. The first-order valence-corrected chi connectivity index (χ1v) is 8.52. The van der Waals surface area contributed by atoms with E-state index in [1.54, 1.807) is 0 Å². The smallest absolute Gasteiger partial charge is 0.322 e. The first-order chi connectivity index (χ1) is 11.6. The number of hydrogen-bond acceptors (Lipinski definition) is 2. The fourth-order valence-corrected chi connectivity index (χ4v) is 3.26. The highest BCUT2D eigenvalue weighted by atomic mass is 16.2. The van der Waals surface area contributed by atoms with Crippen LogP contribution in [0.5, 0.6) is 0 Å². The Kier molecular flexibility index (Phi) is 4.74. The van der Waals surface area contributed by atoms with Crippen LogP contribution >= 0.6 is 0 Å². The molecule has 4 heteroatoms. The summed E-state index contributed by atoms with van der Waals surface area (Å²) in [5.41, 5.74) is 4.42. The zero-order chi connectivity index (χ0) is 17.1. The molecule has 2 aromatic carbocycles. The van der Waals surface area contributed by atoms with Gasteiger partial charge in [-0.3, -0.25) is 0 Å². The number of fused-ring (bicyclic) bond motifs is 1. The molecule has 126 valence electrons. The van der Waals surface area contributed by atoms with Gasteiger partial charge in [-0.05, 0) is 37.1 Å². The van der Waals surface area contributed by atoms with Gasteiger partial charge in [0.2, 0.25) is 0 Å². The Morgan fingerprint density at radius 3 is 2.58 bits per heavy atom. The Hall–Kier alpha value is -2.49. The number of likely N-dealkylation sites (N-methyl/N-ethyl adjacent to an activating group) is 1. The predicted octanol–water partition coefficient (Wildman–Crippen LogP) is 4.26. The molecule has 0 saturated carbocycles. The summed E-state index contributed by atoms with van der Waals surface area (Å²) in [5, 5.41) is 3.05. The predicted molar refractivity (Wildman–Crippen MR) is 99.5 cm³/mol. The monoisotopic (exact) mass is 323 g/mol. The van der Waals surface area contributed by atoms with Crippen molar-refractivity contribution in [3.05, 3.63) is 59.7 Å². The Balaban J connectivity index is 1.84. The molecule has 1 aliphatic rings. The van der Waals surface area contributed by atoms with E-state index in [0.717, 1.165) is 18.7 Å². The number of carbonyl (C=O) groups is 1. The van der Waals surface area contributed by atoms with Crippen molar-refractivity contribution in [1.29, 1.82) is 0 Å². The highest BCUT2D eigenvalue weighted by molar-refractivity contribution is 5.89. The van der Waals surface area contributed by atoms with Crippen molar-refractivity contribution in [2.24, 2.45) is 0 Å². The van der Waals surface area contributed by atoms with E-state index in [9.17, 15) is 4.79 Å². The first-order valence-electron chi connectivity index (χ1n) is 8.52. The van der Waals surface area contributed by atoms with E-state index in [1.807, 2.05) is 42.2 Å². The lowest BCUT2D eigenvalue weighted by atomic mass is 10.1. The molecule has 3 rings (SSSR count). The average Bonchev–Trinajstić information content (AvgIpc) is 2.74. The van der Waals surface area contributed by atoms with Crippen LogP contribution in [0.3, 0.4) is 0 Å². The van der Waals surface area contributed by atoms with Gasteiger partial charge in [-0.15, -0.1) is 0 Å². The van der Waals surface area contributed by atoms with Gasteiger partial charge in [0, 0.05) is 31.5 Å². The van der Waals surface area contributed by atoms with E-state index in [2.05, 4.69) is 42.4 Å². The molecule has 2 aromatic rings. The molecule has 1 atom stereocenters. The van der Waals surface area contributed by atoms with Crippen LogP contribution in [0.15, 0.2) is 48.5 Å². The highest BCUT2D eigenvalue weighted by Gasteiger charge is 2.28. The molecule has 0 spiro atoms. The van der Waals surface area contributed by atoms with Crippen molar-refractivity contribution in [2.45, 2.75) is 32.9 Å². The van der Waals surface area contributed by atoms with Crippen molar-refractivity contribution in [3.63, 3.8) is 0 Å². The summed E-state index contributed by atoms with van der Waals surface area (Å²) in [6, 6.07) is 16.4. The van der Waals surface area contributed by atoms with Gasteiger partial charge in [-0.25, -0.2) is 4.79 Å². The van der Waals surface area contributed by atoms with E-state index in [1.165, 1.54) is 16.8 Å². The Bertz CT molecular complexity index is 711. The quantitative estimate of drug-likeness (QED) is 0.896. The Labute approximate surface area is 144 Å². The summed E-state index contributed by atoms with van der Waals surface area (Å²) in [6.07, 6.45) is 0.930. The molecule has 24 heavy (non-hydrogen) atoms. The van der Waals surface area contributed by atoms with Gasteiger partial charge in [0.15, 0.2) is 0 Å². The fraction of sp³-hybridized carbons (Fsp3) is 0.350. The molecule has 2 amide bonds. The van der Waals surface area contributed by atoms with Gasteiger partial charge >= 0.3 is 6.03 Å². The van der Waals surface area contributed by atoms with Crippen LogP contribution in [0.25, 0.3) is 0 Å². The second-order valence-electron chi connectivity index (χ2n) is 6.50. The van der Waals surface area contributed by atoms with E-state index in [-0.39, 0.29) is 12.1 Å². The lowest BCUT2D eigenvalue weighted by molar-refractivity contribution is 0.185. The van der Waals surface area contributed by atoms with Gasteiger partial charge in [-0.2, -0.15) is 0 Å². The normalized spacial score (nSPS) is 17.2. The van der Waals surface area contributed by atoms with Crippen molar-refractivity contribution in [3.8, 4) is 0 Å². The summed E-state index contributed by atoms with van der Waals surface area (Å²) in [5.74, 6) is 0. The Morgan fingerprint density at radius 1 is 1.17 bits per heavy atom. The van der Waals surface area contributed by atoms with Crippen LogP contribution in [0.2, 0.25) is 0 Å². The van der Waals surface area contributed by atoms with Crippen LogP contribution < -0.4 is 10.2 Å². The number of nitrogens with zero attached hydrogens (tertiary/aromatic N) is 2. The SMILES string of the molecule is CC[C@@H]1CN(C)c2ccccc2CN1C(=O)Nc1ccc(C)cc1. The van der Waals surface area contributed by atoms with Crippen LogP contribution in [-0.4, -0.2) is 30.6 Å². The summed E-state index contributed by atoms with van der Waals surface area (Å²) in [4.78, 5) is 17.1. The van der Waals surface area contributed by atoms with E-state index < -0.39 is 0 Å². The molecular weight excluding hydrogens is 298 g/mol. The fourth-order valence-electron chi connectivity index (χ4n) is 3.26. The zero-order valence-corrected chi connectivity index (χ0v) is 14.6. The number of nitrogens with one attached hydrogen (secondary N) is 1. The molecule has 1 heterocycles. The van der Waals surface area contributed by atoms with E-state index in [4.69, 9.17) is 0 Å². The maximum absolute atomic E-state index is 12.9. The minimum atomic E-state index is -0.0317. The number of rotatable bonds is 2. The maximum Gasteiger partial charge on any atom is 0.322 e. The van der Waals surface area contributed by atoms with Gasteiger partial charge in [0.25, 0.3) is 0 Å². The lowest BCUT2D eigenvalue weighted by Crippen LogP contribution is -2.45. The van der Waals surface area contributed by atoms with Crippen molar-refractivity contribution >= 4 is 17.4 Å². The topological polar surface area (TPSA) is 35.6 Å². The second-order valence-corrected chi connectivity index (χ2v) is 6.50. The third kappa shape index (κ3) is 3.37. The van der Waals surface area contributed by atoms with E-state index >= 15 is 0 Å². The molecule has 1 N–H and O–H groups in total. The van der Waals surface area contributed by atoms with Gasteiger partial charge in [0.1, 0.15) is 0 Å². The minimum Gasteiger partial charge on any atom is -0.372 e. The largest absolute Gasteiger partial charge is 0.372 e. The van der Waals surface area contributed by atoms with Crippen LogP contribution in [-0.2, 0) is 6.54 Å². The van der Waals surface area contributed by atoms with Gasteiger partial charge in [-0.1, -0.05) is 42.8 Å². The van der Waals surface area contributed by atoms with E-state index in [0.29, 0.717) is 6.54 Å². The van der Waals surface area contributed by atoms with Crippen molar-refractivity contribution < 1.29 is 4.79 Å². The van der Waals surface area contributed by atoms with Crippen molar-refractivity contribution in [1.82, 2.24) is 4.90 Å². The van der Waals surface area contributed by atoms with Gasteiger partial charge < -0.3 is 15.1 Å². The van der Waals surface area contributed by atoms with Crippen molar-refractivity contribution in [2.75, 3.05) is 23.8 Å². The molecule has 0 saturated heterocycles. The zero-order valence-electron chi connectivity index (χ0n) is 14.6. The number of anilines is 2. The maximum atomic E-state index is 12.9. The number of para-hydroxylation sites is 1. The average molecular weight is 323 g/mol. The molecule has 0 radical (unpaired) electrons. The van der Waals surface area contributed by atoms with Crippen LogP contribution in [0, 0.1) is 6.92 Å². The number of amides is 2. The first kappa shape index (κ1) is 16.4. The second kappa shape index (κ2) is 6.95. The molecule has 0 aromatic heterocycles. The lowest BCUT2D eigenvalue weighted by Gasteiger charge is -2.30. The number of carbonyl (C=O) groups excluding carboxylic acids is 1. The molecule has 0 fully saturated rings. The molecule has 1 aliphatic heterocycles. The minimum absolute atomic E-state index is 0.0317. The highest BCUT2D eigenvalue weighted by Crippen LogP contribution is 2.27. The molecular formula is C20H25N3O. The summed E-state index contributed by atoms with van der Waals surface area (Å²) in [7, 11) is 2.10. The number of aryl methyl sites for hydroxylation is 1. The molecule has 4 nitrogen and oxygen atoms in total. The van der Waals surface area contributed by atoms with Gasteiger partial charge in [0.05, 0.1) is 6.04 Å². The van der Waals surface area contributed by atoms with Crippen LogP contribution in [0.1, 0.15) is 24.5 Å². The third-order valence-electron chi connectivity index (χ3n) is 4.70. The molecule has 0 unspecified atom stereocenters. The molecule has 0 aliphatic carbocycles. The number of benzene rings is 2. The number of hydrogen-bond donors (Lipinski definition) is 1. The Morgan fingerprint density at radius 2 is 1.88 bits per heavy atom. The number of urea groups is 1. The standard InChI is InChI=1S/C20H25N3O/c1-4-18-14-22(3)19-8-6-5-7-16(19)13-23(18)20(24)21-17-11-9-15(2)10-12-17/h5-12,18H,4,13-14H2,1-3H3,(H,21,24)/t18-/m1/s1. The molecule has 0 bridgehead atoms. The summed E-state index contributed by atoms with van der Waals surface area (Å²) in [6.45, 7) is 5.66. The third-order valence-corrected chi connectivity index (χ3v) is 4.70.